The lowest BCUT2D eigenvalue weighted by atomic mass is 10.2. The number of nitrogens with one attached hydrogen (secondary N) is 2. The van der Waals surface area contributed by atoms with Gasteiger partial charge in [-0.25, -0.2) is 9.59 Å². The molecule has 1 rings (SSSR count). The van der Waals surface area contributed by atoms with E-state index in [0.717, 1.165) is 0 Å². The molecule has 2 amide bonds. The van der Waals surface area contributed by atoms with Gasteiger partial charge in [0.25, 0.3) is 0 Å². The molecule has 0 aliphatic carbocycles. The summed E-state index contributed by atoms with van der Waals surface area (Å²) in [6.45, 7) is 3.45. The normalized spacial score (nSPS) is 11.1. The molecule has 3 N–H and O–H groups in total. The van der Waals surface area contributed by atoms with E-state index < -0.39 is 18.0 Å². The number of hydrogen-bond acceptors (Lipinski definition) is 4. The summed E-state index contributed by atoms with van der Waals surface area (Å²) >= 11 is 0. The van der Waals surface area contributed by atoms with Crippen LogP contribution < -0.4 is 20.1 Å². The van der Waals surface area contributed by atoms with Gasteiger partial charge in [0.15, 0.2) is 0 Å². The van der Waals surface area contributed by atoms with Gasteiger partial charge in [0, 0.05) is 6.07 Å². The number of carbonyl (C=O) groups excluding carboxylic acids is 1. The minimum Gasteiger partial charge on any atom is -0.497 e. The number of methoxy groups -OCH3 is 2. The van der Waals surface area contributed by atoms with Crippen molar-refractivity contribution in [1.29, 1.82) is 0 Å². The molecule has 7 nitrogen and oxygen atoms in total. The van der Waals surface area contributed by atoms with E-state index in [1.807, 2.05) is 0 Å². The first-order chi connectivity index (χ1) is 10.0. The Kier molecular flexibility index (Phi) is 6.06. The minimum atomic E-state index is -1.13. The van der Waals surface area contributed by atoms with Crippen LogP contribution in [-0.4, -0.2) is 37.4 Å². The zero-order valence-corrected chi connectivity index (χ0v) is 11.9. The van der Waals surface area contributed by atoms with Crippen LogP contribution in [0.25, 0.3) is 0 Å². The Morgan fingerprint density at radius 3 is 2.62 bits per heavy atom. The van der Waals surface area contributed by atoms with Crippen molar-refractivity contribution in [2.24, 2.45) is 0 Å². The first kappa shape index (κ1) is 16.4. The van der Waals surface area contributed by atoms with E-state index in [1.54, 1.807) is 18.2 Å². The van der Waals surface area contributed by atoms with Gasteiger partial charge in [0.2, 0.25) is 0 Å². The third-order valence-electron chi connectivity index (χ3n) is 2.66. The largest absolute Gasteiger partial charge is 0.497 e. The molecule has 0 radical (unpaired) electrons. The number of ether oxygens (including phenoxy) is 2. The maximum absolute atomic E-state index is 11.8. The van der Waals surface area contributed by atoms with E-state index in [1.165, 1.54) is 20.3 Å². The smallest absolute Gasteiger partial charge is 0.326 e. The van der Waals surface area contributed by atoms with Crippen molar-refractivity contribution >= 4 is 17.7 Å². The molecule has 114 valence electrons. The highest BCUT2D eigenvalue weighted by Crippen LogP contribution is 2.28. The third-order valence-corrected chi connectivity index (χ3v) is 2.66. The highest BCUT2D eigenvalue weighted by Gasteiger charge is 2.19. The van der Waals surface area contributed by atoms with Crippen LogP contribution >= 0.6 is 0 Å². The fraction of sp³-hybridized carbons (Fsp3) is 0.286. The summed E-state index contributed by atoms with van der Waals surface area (Å²) in [5.74, 6) is -0.153. The van der Waals surface area contributed by atoms with Gasteiger partial charge < -0.3 is 25.2 Å². The molecule has 7 heteroatoms. The van der Waals surface area contributed by atoms with Crippen molar-refractivity contribution in [3.8, 4) is 11.5 Å². The van der Waals surface area contributed by atoms with Gasteiger partial charge in [0.1, 0.15) is 17.5 Å². The molecule has 1 atom stereocenters. The average molecular weight is 294 g/mol. The number of carbonyl (C=O) groups is 2. The van der Waals surface area contributed by atoms with Gasteiger partial charge in [0.05, 0.1) is 19.9 Å². The highest BCUT2D eigenvalue weighted by molar-refractivity contribution is 5.93. The summed E-state index contributed by atoms with van der Waals surface area (Å²) in [6, 6.07) is 3.17. The van der Waals surface area contributed by atoms with E-state index in [0.29, 0.717) is 17.2 Å². The second-order valence-corrected chi connectivity index (χ2v) is 4.08. The number of carboxylic acid groups (broad SMARTS) is 1. The number of anilines is 1. The van der Waals surface area contributed by atoms with Crippen molar-refractivity contribution in [3.05, 3.63) is 30.9 Å². The molecule has 21 heavy (non-hydrogen) atoms. The van der Waals surface area contributed by atoms with E-state index in [2.05, 4.69) is 17.2 Å². The molecule has 1 unspecified atom stereocenters. The Balaban J connectivity index is 2.78. The van der Waals surface area contributed by atoms with Crippen LogP contribution in [0.5, 0.6) is 11.5 Å². The van der Waals surface area contributed by atoms with Gasteiger partial charge in [-0.1, -0.05) is 6.08 Å². The van der Waals surface area contributed by atoms with Crippen LogP contribution in [0.2, 0.25) is 0 Å². The van der Waals surface area contributed by atoms with Gasteiger partial charge >= 0.3 is 12.0 Å². The number of hydrogen-bond donors (Lipinski definition) is 3. The monoisotopic (exact) mass is 294 g/mol. The fourth-order valence-electron chi connectivity index (χ4n) is 1.61. The maximum Gasteiger partial charge on any atom is 0.326 e. The van der Waals surface area contributed by atoms with Crippen LogP contribution in [0.3, 0.4) is 0 Å². The lowest BCUT2D eigenvalue weighted by molar-refractivity contribution is -0.139. The SMILES string of the molecule is C=CCC(NC(=O)Nc1ccc(OC)cc1OC)C(=O)O. The van der Waals surface area contributed by atoms with Crippen LogP contribution in [0, 0.1) is 0 Å². The maximum atomic E-state index is 11.8. The zero-order valence-electron chi connectivity index (χ0n) is 11.9. The standard InChI is InChI=1S/C14H18N2O5/c1-4-5-11(13(17)18)16-14(19)15-10-7-6-9(20-2)8-12(10)21-3/h4,6-8,11H,1,5H2,2-3H3,(H,17,18)(H2,15,16,19). The number of aliphatic carboxylic acids is 1. The molecule has 0 fully saturated rings. The van der Waals surface area contributed by atoms with E-state index >= 15 is 0 Å². The van der Waals surface area contributed by atoms with E-state index in [9.17, 15) is 9.59 Å². The third kappa shape index (κ3) is 4.72. The van der Waals surface area contributed by atoms with Crippen molar-refractivity contribution in [2.45, 2.75) is 12.5 Å². The Morgan fingerprint density at radius 1 is 1.38 bits per heavy atom. The van der Waals surface area contributed by atoms with Crippen LogP contribution in [0.15, 0.2) is 30.9 Å². The van der Waals surface area contributed by atoms with Crippen molar-refractivity contribution in [3.63, 3.8) is 0 Å². The second kappa shape index (κ2) is 7.78. The van der Waals surface area contributed by atoms with Crippen LogP contribution in [0.1, 0.15) is 6.42 Å². The molecule has 0 saturated carbocycles. The van der Waals surface area contributed by atoms with Crippen LogP contribution in [-0.2, 0) is 4.79 Å². The summed E-state index contributed by atoms with van der Waals surface area (Å²) in [5, 5.41) is 13.8. The predicted molar refractivity (Wildman–Crippen MR) is 77.9 cm³/mol. The number of rotatable bonds is 7. The summed E-state index contributed by atoms with van der Waals surface area (Å²) in [6.07, 6.45) is 1.55. The molecule has 0 bridgehead atoms. The zero-order chi connectivity index (χ0) is 15.8. The Morgan fingerprint density at radius 2 is 2.10 bits per heavy atom. The topological polar surface area (TPSA) is 96.9 Å². The number of urea groups is 1. The van der Waals surface area contributed by atoms with Crippen LogP contribution in [0.4, 0.5) is 10.5 Å². The molecule has 0 aromatic heterocycles. The first-order valence-electron chi connectivity index (χ1n) is 6.15. The molecule has 0 aliphatic heterocycles. The van der Waals surface area contributed by atoms with E-state index in [4.69, 9.17) is 14.6 Å². The van der Waals surface area contributed by atoms with Gasteiger partial charge in [-0.3, -0.25) is 0 Å². The number of benzene rings is 1. The predicted octanol–water partition coefficient (Wildman–Crippen LogP) is 1.85. The van der Waals surface area contributed by atoms with E-state index in [-0.39, 0.29) is 6.42 Å². The Hall–Kier alpha value is -2.70. The average Bonchev–Trinajstić information content (AvgIpc) is 2.47. The lowest BCUT2D eigenvalue weighted by Gasteiger charge is -2.15. The van der Waals surface area contributed by atoms with Crippen molar-refractivity contribution < 1.29 is 24.2 Å². The number of amides is 2. The molecule has 1 aromatic carbocycles. The van der Waals surface area contributed by atoms with Crippen molar-refractivity contribution in [2.75, 3.05) is 19.5 Å². The highest BCUT2D eigenvalue weighted by atomic mass is 16.5. The molecule has 0 spiro atoms. The summed E-state index contributed by atoms with van der Waals surface area (Å²) in [7, 11) is 2.97. The van der Waals surface area contributed by atoms with Gasteiger partial charge in [-0.2, -0.15) is 0 Å². The van der Waals surface area contributed by atoms with Gasteiger partial charge in [-0.05, 0) is 18.6 Å². The molecular weight excluding hydrogens is 276 g/mol. The first-order valence-corrected chi connectivity index (χ1v) is 6.15. The summed E-state index contributed by atoms with van der Waals surface area (Å²) < 4.78 is 10.2. The molecule has 0 heterocycles. The fourth-order valence-corrected chi connectivity index (χ4v) is 1.61. The number of carboxylic acids is 1. The second-order valence-electron chi connectivity index (χ2n) is 4.08. The van der Waals surface area contributed by atoms with Gasteiger partial charge in [-0.15, -0.1) is 6.58 Å². The minimum absolute atomic E-state index is 0.127. The quantitative estimate of drug-likeness (QED) is 0.667. The lowest BCUT2D eigenvalue weighted by Crippen LogP contribution is -2.42. The molecule has 1 aromatic rings. The Bertz CT molecular complexity index is 530. The summed E-state index contributed by atoms with van der Waals surface area (Å²) in [4.78, 5) is 22.8. The summed E-state index contributed by atoms with van der Waals surface area (Å²) in [5.41, 5.74) is 0.401. The molecule has 0 aliphatic rings. The molecule has 0 saturated heterocycles. The van der Waals surface area contributed by atoms with Crippen molar-refractivity contribution in [1.82, 2.24) is 5.32 Å². The Labute approximate surface area is 122 Å². The molecular formula is C14H18N2O5.